The number of rotatable bonds is 6. The molecule has 0 saturated carbocycles. The number of nitrogens with one attached hydrogen (secondary N) is 1. The minimum absolute atomic E-state index is 0.217. The third kappa shape index (κ3) is 4.60. The molecule has 0 unspecified atom stereocenters. The number of benzene rings is 1. The molecule has 2 heterocycles. The van der Waals surface area contributed by atoms with Crippen molar-refractivity contribution in [1.29, 1.82) is 0 Å². The normalized spacial score (nSPS) is 13.8. The number of nitrogens with zero attached hydrogens (tertiary/aromatic N) is 3. The van der Waals surface area contributed by atoms with Crippen LogP contribution in [0.3, 0.4) is 0 Å². The molecule has 7 heteroatoms. The predicted molar refractivity (Wildman–Crippen MR) is 97.5 cm³/mol. The topological polar surface area (TPSA) is 67.3 Å². The number of anilines is 1. The highest BCUT2D eigenvalue weighted by molar-refractivity contribution is 6.33. The van der Waals surface area contributed by atoms with Crippen molar-refractivity contribution in [2.75, 3.05) is 31.1 Å². The predicted octanol–water partition coefficient (Wildman–Crippen LogP) is 2.85. The van der Waals surface area contributed by atoms with Crippen molar-refractivity contribution in [1.82, 2.24) is 15.3 Å². The molecule has 1 aliphatic rings. The largest absolute Gasteiger partial charge is 0.476 e. The van der Waals surface area contributed by atoms with Gasteiger partial charge in [0.05, 0.1) is 17.1 Å². The van der Waals surface area contributed by atoms with Gasteiger partial charge in [-0.25, -0.2) is 4.98 Å². The van der Waals surface area contributed by atoms with E-state index in [9.17, 15) is 4.79 Å². The Morgan fingerprint density at radius 3 is 2.80 bits per heavy atom. The molecule has 1 aliphatic heterocycles. The lowest BCUT2D eigenvalue weighted by Crippen LogP contribution is -2.28. The number of aromatic nitrogens is 2. The van der Waals surface area contributed by atoms with Gasteiger partial charge < -0.3 is 15.0 Å². The number of halogens is 1. The van der Waals surface area contributed by atoms with E-state index in [1.807, 2.05) is 13.0 Å². The Morgan fingerprint density at radius 1 is 1.28 bits per heavy atom. The lowest BCUT2D eigenvalue weighted by molar-refractivity contribution is 0.0946. The van der Waals surface area contributed by atoms with E-state index in [-0.39, 0.29) is 5.91 Å². The second kappa shape index (κ2) is 8.16. The first-order valence-electron chi connectivity index (χ1n) is 8.39. The maximum atomic E-state index is 12.1. The Kier molecular flexibility index (Phi) is 5.71. The van der Waals surface area contributed by atoms with Crippen molar-refractivity contribution in [3.05, 3.63) is 46.7 Å². The summed E-state index contributed by atoms with van der Waals surface area (Å²) in [6.07, 6.45) is 2.38. The van der Waals surface area contributed by atoms with Crippen LogP contribution in [-0.2, 0) is 0 Å². The van der Waals surface area contributed by atoms with Gasteiger partial charge in [0, 0.05) is 19.2 Å². The molecule has 0 spiro atoms. The van der Waals surface area contributed by atoms with Crippen LogP contribution in [0.15, 0.2) is 30.3 Å². The number of ether oxygens (including phenoxy) is 1. The Bertz CT molecular complexity index is 748. The Labute approximate surface area is 152 Å². The zero-order valence-corrected chi connectivity index (χ0v) is 14.9. The van der Waals surface area contributed by atoms with Crippen LogP contribution in [0, 0.1) is 6.92 Å². The molecule has 1 N–H and O–H groups in total. The fourth-order valence-corrected chi connectivity index (χ4v) is 2.99. The lowest BCUT2D eigenvalue weighted by atomic mass is 10.2. The molecule has 1 fully saturated rings. The highest BCUT2D eigenvalue weighted by Gasteiger charge is 2.15. The van der Waals surface area contributed by atoms with E-state index in [0.717, 1.165) is 18.9 Å². The van der Waals surface area contributed by atoms with Crippen LogP contribution < -0.4 is 15.0 Å². The van der Waals surface area contributed by atoms with Gasteiger partial charge >= 0.3 is 0 Å². The highest BCUT2D eigenvalue weighted by atomic mass is 35.5. The van der Waals surface area contributed by atoms with Crippen molar-refractivity contribution in [2.24, 2.45) is 0 Å². The summed E-state index contributed by atoms with van der Waals surface area (Å²) in [6, 6.07) is 8.80. The summed E-state index contributed by atoms with van der Waals surface area (Å²) < 4.78 is 5.68. The summed E-state index contributed by atoms with van der Waals surface area (Å²) in [5.41, 5.74) is 0.457. The summed E-state index contributed by atoms with van der Waals surface area (Å²) in [5.74, 6) is 1.90. The van der Waals surface area contributed by atoms with Crippen molar-refractivity contribution in [3.8, 4) is 5.88 Å². The molecular formula is C18H21ClN4O2. The molecule has 1 saturated heterocycles. The fraction of sp³-hybridized carbons (Fsp3) is 0.389. The van der Waals surface area contributed by atoms with Crippen LogP contribution >= 0.6 is 11.6 Å². The maximum Gasteiger partial charge on any atom is 0.252 e. The molecule has 6 nitrogen and oxygen atoms in total. The average molecular weight is 361 g/mol. The van der Waals surface area contributed by atoms with Crippen LogP contribution in [0.25, 0.3) is 0 Å². The van der Waals surface area contributed by atoms with E-state index in [1.165, 1.54) is 12.8 Å². The molecule has 1 aromatic heterocycles. The molecule has 132 valence electrons. The van der Waals surface area contributed by atoms with Crippen molar-refractivity contribution < 1.29 is 9.53 Å². The summed E-state index contributed by atoms with van der Waals surface area (Å²) in [6.45, 7) is 4.58. The number of amides is 1. The minimum Gasteiger partial charge on any atom is -0.476 e. The lowest BCUT2D eigenvalue weighted by Gasteiger charge is -2.17. The monoisotopic (exact) mass is 360 g/mol. The van der Waals surface area contributed by atoms with Gasteiger partial charge in [-0.3, -0.25) is 4.79 Å². The number of hydrogen-bond acceptors (Lipinski definition) is 5. The minimum atomic E-state index is -0.217. The number of carbonyl (C=O) groups excluding carboxylic acids is 1. The third-order valence-electron chi connectivity index (χ3n) is 3.99. The second-order valence-electron chi connectivity index (χ2n) is 5.89. The van der Waals surface area contributed by atoms with Gasteiger partial charge in [0.2, 0.25) is 5.88 Å². The third-order valence-corrected chi connectivity index (χ3v) is 4.32. The molecule has 0 bridgehead atoms. The molecule has 3 rings (SSSR count). The van der Waals surface area contributed by atoms with Gasteiger partial charge in [-0.2, -0.15) is 4.98 Å². The zero-order chi connectivity index (χ0) is 17.6. The second-order valence-corrected chi connectivity index (χ2v) is 6.30. The molecule has 1 aromatic carbocycles. The van der Waals surface area contributed by atoms with E-state index < -0.39 is 0 Å². The van der Waals surface area contributed by atoms with Crippen LogP contribution in [0.2, 0.25) is 5.02 Å². The molecular weight excluding hydrogens is 340 g/mol. The molecule has 25 heavy (non-hydrogen) atoms. The van der Waals surface area contributed by atoms with E-state index in [0.29, 0.717) is 35.4 Å². The highest BCUT2D eigenvalue weighted by Crippen LogP contribution is 2.21. The molecule has 0 aliphatic carbocycles. The zero-order valence-electron chi connectivity index (χ0n) is 14.2. The van der Waals surface area contributed by atoms with Crippen molar-refractivity contribution in [3.63, 3.8) is 0 Å². The van der Waals surface area contributed by atoms with Gasteiger partial charge in [0.1, 0.15) is 18.2 Å². The summed E-state index contributed by atoms with van der Waals surface area (Å²) in [7, 11) is 0. The molecule has 1 amide bonds. The Balaban J connectivity index is 1.52. The fourth-order valence-electron chi connectivity index (χ4n) is 2.77. The van der Waals surface area contributed by atoms with E-state index in [2.05, 4.69) is 20.2 Å². The van der Waals surface area contributed by atoms with Crippen molar-refractivity contribution >= 4 is 23.3 Å². The first-order valence-corrected chi connectivity index (χ1v) is 8.77. The van der Waals surface area contributed by atoms with Gasteiger partial charge in [-0.05, 0) is 31.9 Å². The van der Waals surface area contributed by atoms with Gasteiger partial charge in [-0.1, -0.05) is 23.7 Å². The van der Waals surface area contributed by atoms with E-state index in [4.69, 9.17) is 16.3 Å². The molecule has 0 radical (unpaired) electrons. The van der Waals surface area contributed by atoms with Crippen molar-refractivity contribution in [2.45, 2.75) is 19.8 Å². The average Bonchev–Trinajstić information content (AvgIpc) is 3.13. The first kappa shape index (κ1) is 17.5. The smallest absolute Gasteiger partial charge is 0.252 e. The van der Waals surface area contributed by atoms with E-state index >= 15 is 0 Å². The summed E-state index contributed by atoms with van der Waals surface area (Å²) in [4.78, 5) is 23.1. The van der Waals surface area contributed by atoms with Gasteiger partial charge in [-0.15, -0.1) is 0 Å². The van der Waals surface area contributed by atoms with Crippen LogP contribution in [0.4, 0.5) is 5.82 Å². The van der Waals surface area contributed by atoms with Crippen LogP contribution in [0.1, 0.15) is 29.0 Å². The SMILES string of the molecule is Cc1nc(OCCNC(=O)c2ccccc2Cl)cc(N2CCCC2)n1. The number of carbonyl (C=O) groups is 1. The summed E-state index contributed by atoms with van der Waals surface area (Å²) >= 11 is 6.01. The summed E-state index contributed by atoms with van der Waals surface area (Å²) in [5, 5.41) is 3.23. The van der Waals surface area contributed by atoms with Gasteiger partial charge in [0.15, 0.2) is 0 Å². The standard InChI is InChI=1S/C18H21ClN4O2/c1-13-21-16(23-9-4-5-10-23)12-17(22-13)25-11-8-20-18(24)14-6-2-3-7-15(14)19/h2-3,6-7,12H,4-5,8-11H2,1H3,(H,20,24). The first-order chi connectivity index (χ1) is 12.1. The Morgan fingerprint density at radius 2 is 2.04 bits per heavy atom. The number of hydrogen-bond donors (Lipinski definition) is 1. The molecule has 2 aromatic rings. The number of aryl methyl sites for hydroxylation is 1. The quantitative estimate of drug-likeness (QED) is 0.802. The van der Waals surface area contributed by atoms with Gasteiger partial charge in [0.25, 0.3) is 5.91 Å². The van der Waals surface area contributed by atoms with E-state index in [1.54, 1.807) is 24.3 Å². The Hall–Kier alpha value is -2.34. The van der Waals surface area contributed by atoms with Crippen LogP contribution in [0.5, 0.6) is 5.88 Å². The van der Waals surface area contributed by atoms with Crippen LogP contribution in [-0.4, -0.2) is 42.1 Å². The molecule has 0 atom stereocenters. The maximum absolute atomic E-state index is 12.1.